The van der Waals surface area contributed by atoms with E-state index in [1.54, 1.807) is 11.8 Å². The quantitative estimate of drug-likeness (QED) is 0.544. The number of aryl methyl sites for hydroxylation is 1. The largest absolute Gasteiger partial charge is 0.360 e. The first-order valence-corrected chi connectivity index (χ1v) is 10.1. The number of fused-ring (bicyclic) bond motifs is 2. The third-order valence-electron chi connectivity index (χ3n) is 4.87. The number of likely N-dealkylation sites (N-methyl/N-ethyl adjacent to an activating group) is 1. The molecule has 0 spiro atoms. The third-order valence-corrected chi connectivity index (χ3v) is 7.56. The highest BCUT2D eigenvalue weighted by Gasteiger charge is 2.36. The molecule has 0 bridgehead atoms. The van der Waals surface area contributed by atoms with Crippen LogP contribution in [0.25, 0.3) is 11.0 Å². The van der Waals surface area contributed by atoms with Gasteiger partial charge in [0.05, 0.1) is 45.0 Å². The number of thioether (sulfide) groups is 1. The van der Waals surface area contributed by atoms with Crippen molar-refractivity contribution in [2.75, 3.05) is 30.8 Å². The lowest BCUT2D eigenvalue weighted by atomic mass is 10.1. The van der Waals surface area contributed by atoms with Crippen LogP contribution in [-0.2, 0) is 0 Å². The van der Waals surface area contributed by atoms with Crippen LogP contribution in [0, 0.1) is 6.92 Å². The molecule has 0 N–H and O–H groups in total. The molecule has 4 heterocycles. The van der Waals surface area contributed by atoms with Gasteiger partial charge in [0.15, 0.2) is 5.65 Å². The fraction of sp³-hybridized carbons (Fsp3) is 0.533. The third kappa shape index (κ3) is 2.45. The predicted molar refractivity (Wildman–Crippen MR) is 107 cm³/mol. The van der Waals surface area contributed by atoms with Gasteiger partial charge in [0.25, 0.3) is 0 Å². The van der Waals surface area contributed by atoms with Crippen LogP contribution in [0.1, 0.15) is 12.6 Å². The Morgan fingerprint density at radius 2 is 2.08 bits per heavy atom. The molecule has 2 atom stereocenters. The first-order valence-electron chi connectivity index (χ1n) is 7.77. The molecular weight excluding hydrogens is 461 g/mol. The lowest BCUT2D eigenvalue weighted by Gasteiger charge is -2.43. The number of hydrogen-bond donors (Lipinski definition) is 0. The minimum absolute atomic E-state index is 0.282. The van der Waals surface area contributed by atoms with Gasteiger partial charge < -0.3 is 4.90 Å². The molecule has 0 radical (unpaired) electrons. The van der Waals surface area contributed by atoms with Crippen LogP contribution in [0.5, 0.6) is 0 Å². The van der Waals surface area contributed by atoms with Crippen molar-refractivity contribution in [2.24, 2.45) is 0 Å². The highest BCUT2D eigenvalue weighted by atomic mass is 127. The van der Waals surface area contributed by atoms with Crippen LogP contribution in [0.4, 0.5) is 5.82 Å². The number of nitrogens with zero attached hydrogens (tertiary/aromatic N) is 5. The van der Waals surface area contributed by atoms with Crippen molar-refractivity contribution in [3.63, 3.8) is 0 Å². The van der Waals surface area contributed by atoms with E-state index in [1.165, 1.54) is 2.78 Å². The van der Waals surface area contributed by atoms with Crippen molar-refractivity contribution in [2.45, 2.75) is 30.8 Å². The number of anilines is 1. The van der Waals surface area contributed by atoms with Crippen LogP contribution >= 0.6 is 46.2 Å². The molecule has 0 saturated carbocycles. The Balaban J connectivity index is 2.05. The fourth-order valence-corrected chi connectivity index (χ4v) is 5.38. The van der Waals surface area contributed by atoms with Crippen molar-refractivity contribution >= 4 is 63.1 Å². The normalized spacial score (nSPS) is 24.1. The SMILES string of the molecule is Cc1nc2c3c(nc(=O)n2I)N2CC(C)N(C)CC2CSc3c1Cl. The molecule has 0 aromatic carbocycles. The maximum absolute atomic E-state index is 12.4. The molecule has 4 rings (SSSR count). The standard InChI is InChI=1S/C15H17ClIN5OS/c1-7-4-21-9(5-20(7)3)6-24-12-10-13(21)19-15(23)22(17)14(10)18-8(2)11(12)16/h7,9H,4-6H2,1-3H3. The Kier molecular flexibility index (Phi) is 4.21. The zero-order valence-corrected chi connectivity index (χ0v) is 17.3. The lowest BCUT2D eigenvalue weighted by molar-refractivity contribution is 0.207. The summed E-state index contributed by atoms with van der Waals surface area (Å²) in [6.45, 7) is 5.88. The van der Waals surface area contributed by atoms with Gasteiger partial charge in [-0.05, 0) is 20.9 Å². The van der Waals surface area contributed by atoms with Gasteiger partial charge in [-0.2, -0.15) is 4.98 Å². The first kappa shape index (κ1) is 16.9. The number of aromatic nitrogens is 3. The van der Waals surface area contributed by atoms with Crippen LogP contribution in [0.15, 0.2) is 9.69 Å². The number of hydrogen-bond acceptors (Lipinski definition) is 6. The van der Waals surface area contributed by atoms with Gasteiger partial charge in [-0.1, -0.05) is 11.6 Å². The van der Waals surface area contributed by atoms with Crippen LogP contribution in [0.3, 0.4) is 0 Å². The van der Waals surface area contributed by atoms with E-state index in [2.05, 4.69) is 33.7 Å². The molecular formula is C15H17ClIN5OS. The summed E-state index contributed by atoms with van der Waals surface area (Å²) in [5, 5.41) is 1.58. The van der Waals surface area contributed by atoms with E-state index in [9.17, 15) is 4.79 Å². The molecule has 6 nitrogen and oxygen atoms in total. The zero-order chi connectivity index (χ0) is 17.2. The van der Waals surface area contributed by atoms with Crippen molar-refractivity contribution in [3.05, 3.63) is 21.2 Å². The Morgan fingerprint density at radius 1 is 1.33 bits per heavy atom. The minimum Gasteiger partial charge on any atom is -0.349 e. The second kappa shape index (κ2) is 6.00. The predicted octanol–water partition coefficient (Wildman–Crippen LogP) is 2.57. The molecule has 24 heavy (non-hydrogen) atoms. The molecule has 128 valence electrons. The number of rotatable bonds is 0. The molecule has 2 aromatic rings. The molecule has 2 aliphatic rings. The topological polar surface area (TPSA) is 54.3 Å². The van der Waals surface area contributed by atoms with Gasteiger partial charge >= 0.3 is 5.69 Å². The molecule has 1 saturated heterocycles. The Labute approximate surface area is 163 Å². The Bertz CT molecular complexity index is 904. The summed E-state index contributed by atoms with van der Waals surface area (Å²) in [7, 11) is 2.15. The maximum Gasteiger partial charge on any atom is 0.360 e. The van der Waals surface area contributed by atoms with E-state index < -0.39 is 0 Å². The van der Waals surface area contributed by atoms with Gasteiger partial charge in [0, 0.05) is 29.8 Å². The maximum atomic E-state index is 12.4. The Morgan fingerprint density at radius 3 is 2.83 bits per heavy atom. The van der Waals surface area contributed by atoms with Crippen LogP contribution in [0.2, 0.25) is 5.02 Å². The monoisotopic (exact) mass is 477 g/mol. The van der Waals surface area contributed by atoms with Gasteiger partial charge in [-0.15, -0.1) is 11.8 Å². The number of piperazine rings is 1. The van der Waals surface area contributed by atoms with Gasteiger partial charge in [-0.25, -0.2) is 12.6 Å². The number of halogens is 2. The van der Waals surface area contributed by atoms with E-state index in [0.29, 0.717) is 22.8 Å². The van der Waals surface area contributed by atoms with Crippen molar-refractivity contribution < 1.29 is 0 Å². The van der Waals surface area contributed by atoms with Gasteiger partial charge in [0.1, 0.15) is 5.82 Å². The van der Waals surface area contributed by atoms with E-state index in [1.807, 2.05) is 29.8 Å². The van der Waals surface area contributed by atoms with Crippen LogP contribution in [-0.4, -0.2) is 55.6 Å². The number of pyridine rings is 1. The first-order chi connectivity index (χ1) is 11.4. The summed E-state index contributed by atoms with van der Waals surface area (Å²) in [6.07, 6.45) is 0. The van der Waals surface area contributed by atoms with Gasteiger partial charge in [-0.3, -0.25) is 4.90 Å². The summed E-state index contributed by atoms with van der Waals surface area (Å²) in [6, 6.07) is 0.709. The highest BCUT2D eigenvalue weighted by molar-refractivity contribution is 14.1. The highest BCUT2D eigenvalue weighted by Crippen LogP contribution is 2.43. The molecule has 2 aromatic heterocycles. The summed E-state index contributed by atoms with van der Waals surface area (Å²) >= 11 is 10.3. The second-order valence-electron chi connectivity index (χ2n) is 6.44. The molecule has 0 aliphatic carbocycles. The molecule has 1 fully saturated rings. The molecule has 9 heteroatoms. The fourth-order valence-electron chi connectivity index (χ4n) is 3.37. The summed E-state index contributed by atoms with van der Waals surface area (Å²) < 4.78 is 1.49. The van der Waals surface area contributed by atoms with Crippen molar-refractivity contribution in [1.82, 2.24) is 17.6 Å². The van der Waals surface area contributed by atoms with Gasteiger partial charge in [0.2, 0.25) is 0 Å². The van der Waals surface area contributed by atoms with Crippen LogP contribution < -0.4 is 10.6 Å². The summed E-state index contributed by atoms with van der Waals surface area (Å²) in [4.78, 5) is 27.0. The van der Waals surface area contributed by atoms with E-state index >= 15 is 0 Å². The molecule has 2 unspecified atom stereocenters. The average Bonchev–Trinajstić information content (AvgIpc) is 2.68. The zero-order valence-electron chi connectivity index (χ0n) is 13.6. The average molecular weight is 478 g/mol. The summed E-state index contributed by atoms with van der Waals surface area (Å²) in [5.41, 5.74) is 1.12. The minimum atomic E-state index is -0.282. The second-order valence-corrected chi connectivity index (χ2v) is 8.82. The molecule has 2 aliphatic heterocycles. The van der Waals surface area contributed by atoms with E-state index in [0.717, 1.165) is 40.6 Å². The molecule has 0 amide bonds. The Hall–Kier alpha value is -0.580. The summed E-state index contributed by atoms with van der Waals surface area (Å²) in [5.74, 6) is 1.66. The van der Waals surface area contributed by atoms with Crippen molar-refractivity contribution in [1.29, 1.82) is 0 Å². The lowest BCUT2D eigenvalue weighted by Crippen LogP contribution is -2.57. The van der Waals surface area contributed by atoms with E-state index in [4.69, 9.17) is 11.6 Å². The van der Waals surface area contributed by atoms with E-state index in [-0.39, 0.29) is 5.69 Å². The van der Waals surface area contributed by atoms with Crippen molar-refractivity contribution in [3.8, 4) is 0 Å². The smallest absolute Gasteiger partial charge is 0.349 e.